The number of fused-ring (bicyclic) bond motifs is 1. The fourth-order valence-corrected chi connectivity index (χ4v) is 3.89. The normalized spacial score (nSPS) is 11.1. The Bertz CT molecular complexity index is 1160. The van der Waals surface area contributed by atoms with Crippen molar-refractivity contribution in [2.75, 3.05) is 48.6 Å². The summed E-state index contributed by atoms with van der Waals surface area (Å²) in [4.78, 5) is 20.0. The van der Waals surface area contributed by atoms with Gasteiger partial charge in [-0.1, -0.05) is 6.07 Å². The number of hydrogen-bond donors (Lipinski definition) is 0. The number of methoxy groups -OCH3 is 4. The van der Waals surface area contributed by atoms with Gasteiger partial charge in [0.05, 0.1) is 39.3 Å². The van der Waals surface area contributed by atoms with Gasteiger partial charge in [0.15, 0.2) is 23.0 Å². The Hall–Kier alpha value is -3.26. The van der Waals surface area contributed by atoms with E-state index in [1.807, 2.05) is 19.1 Å². The second kappa shape index (κ2) is 11.0. The minimum absolute atomic E-state index is 0.0635. The molecule has 0 saturated carbocycles. The standard InChI is InChI=1S/C25H33N3O5/c1-17-26-20-16-24(33-6)23(32-5)15-19(20)25(29)28(17)12-7-11-27(2)13-10-18-8-9-21(30-3)22(14-18)31-4/h8-9,14-16H,7,10-13H2,1-6H3. The van der Waals surface area contributed by atoms with Gasteiger partial charge in [-0.3, -0.25) is 9.36 Å². The Balaban J connectivity index is 1.63. The number of aromatic nitrogens is 2. The van der Waals surface area contributed by atoms with Crippen molar-refractivity contribution in [3.05, 3.63) is 52.1 Å². The zero-order valence-corrected chi connectivity index (χ0v) is 20.3. The lowest BCUT2D eigenvalue weighted by Crippen LogP contribution is -2.28. The lowest BCUT2D eigenvalue weighted by molar-refractivity contribution is 0.323. The molecule has 8 heteroatoms. The van der Waals surface area contributed by atoms with E-state index in [-0.39, 0.29) is 5.56 Å². The van der Waals surface area contributed by atoms with E-state index < -0.39 is 0 Å². The summed E-state index contributed by atoms with van der Waals surface area (Å²) in [6.45, 7) is 4.22. The molecular formula is C25H33N3O5. The molecule has 0 amide bonds. The minimum Gasteiger partial charge on any atom is -0.493 e. The van der Waals surface area contributed by atoms with Gasteiger partial charge in [-0.2, -0.15) is 0 Å². The van der Waals surface area contributed by atoms with Crippen molar-refractivity contribution in [2.24, 2.45) is 0 Å². The average molecular weight is 456 g/mol. The molecule has 1 heterocycles. The number of ether oxygens (including phenoxy) is 4. The Morgan fingerprint density at radius 1 is 0.879 bits per heavy atom. The third-order valence-electron chi connectivity index (χ3n) is 5.80. The third kappa shape index (κ3) is 5.57. The third-order valence-corrected chi connectivity index (χ3v) is 5.80. The monoisotopic (exact) mass is 455 g/mol. The number of aryl methyl sites for hydroxylation is 1. The maximum Gasteiger partial charge on any atom is 0.261 e. The first-order valence-corrected chi connectivity index (χ1v) is 10.9. The first-order chi connectivity index (χ1) is 15.9. The van der Waals surface area contributed by atoms with Gasteiger partial charge in [0, 0.05) is 19.2 Å². The van der Waals surface area contributed by atoms with Crippen LogP contribution in [-0.2, 0) is 13.0 Å². The van der Waals surface area contributed by atoms with Gasteiger partial charge in [0.2, 0.25) is 0 Å². The average Bonchev–Trinajstić information content (AvgIpc) is 2.83. The summed E-state index contributed by atoms with van der Waals surface area (Å²) in [6.07, 6.45) is 1.73. The number of hydrogen-bond acceptors (Lipinski definition) is 7. The summed E-state index contributed by atoms with van der Waals surface area (Å²) in [5, 5.41) is 0.528. The summed E-state index contributed by atoms with van der Waals surface area (Å²) in [5.41, 5.74) is 1.74. The van der Waals surface area contributed by atoms with Gasteiger partial charge in [0.25, 0.3) is 5.56 Å². The van der Waals surface area contributed by atoms with Gasteiger partial charge in [-0.05, 0) is 57.1 Å². The Kier molecular flexibility index (Phi) is 8.16. The lowest BCUT2D eigenvalue weighted by Gasteiger charge is -2.18. The molecule has 0 atom stereocenters. The minimum atomic E-state index is -0.0635. The van der Waals surface area contributed by atoms with Crippen LogP contribution in [-0.4, -0.2) is 63.0 Å². The highest BCUT2D eigenvalue weighted by atomic mass is 16.5. The van der Waals surface area contributed by atoms with E-state index in [1.165, 1.54) is 5.56 Å². The quantitative estimate of drug-likeness (QED) is 0.439. The summed E-state index contributed by atoms with van der Waals surface area (Å²) < 4.78 is 23.1. The van der Waals surface area contributed by atoms with E-state index in [9.17, 15) is 4.79 Å². The van der Waals surface area contributed by atoms with Crippen LogP contribution < -0.4 is 24.5 Å². The fourth-order valence-electron chi connectivity index (χ4n) is 3.89. The van der Waals surface area contributed by atoms with Crippen LogP contribution in [0.4, 0.5) is 0 Å². The molecular weight excluding hydrogens is 422 g/mol. The van der Waals surface area contributed by atoms with Crippen LogP contribution in [0.15, 0.2) is 35.1 Å². The first kappa shape index (κ1) is 24.4. The SMILES string of the molecule is COc1ccc(CCN(C)CCCn2c(C)nc3cc(OC)c(OC)cc3c2=O)cc1OC. The van der Waals surface area contributed by atoms with Crippen molar-refractivity contribution in [1.82, 2.24) is 14.5 Å². The molecule has 3 aromatic rings. The largest absolute Gasteiger partial charge is 0.493 e. The molecule has 0 aliphatic carbocycles. The molecule has 178 valence electrons. The van der Waals surface area contributed by atoms with Gasteiger partial charge in [-0.15, -0.1) is 0 Å². The van der Waals surface area contributed by atoms with E-state index in [2.05, 4.69) is 23.0 Å². The number of nitrogens with zero attached hydrogens (tertiary/aromatic N) is 3. The van der Waals surface area contributed by atoms with E-state index in [0.29, 0.717) is 34.8 Å². The van der Waals surface area contributed by atoms with Gasteiger partial charge >= 0.3 is 0 Å². The number of benzene rings is 2. The van der Waals surface area contributed by atoms with Crippen molar-refractivity contribution in [1.29, 1.82) is 0 Å². The molecule has 0 saturated heterocycles. The molecule has 0 fully saturated rings. The lowest BCUT2D eigenvalue weighted by atomic mass is 10.1. The van der Waals surface area contributed by atoms with E-state index in [0.717, 1.165) is 37.4 Å². The topological polar surface area (TPSA) is 75.0 Å². The van der Waals surface area contributed by atoms with Crippen LogP contribution in [0, 0.1) is 6.92 Å². The molecule has 0 N–H and O–H groups in total. The van der Waals surface area contributed by atoms with Crippen molar-refractivity contribution in [3.8, 4) is 23.0 Å². The molecule has 0 aliphatic heterocycles. The molecule has 1 aromatic heterocycles. The van der Waals surface area contributed by atoms with Crippen molar-refractivity contribution in [2.45, 2.75) is 26.3 Å². The molecule has 3 rings (SSSR count). The van der Waals surface area contributed by atoms with E-state index in [4.69, 9.17) is 18.9 Å². The van der Waals surface area contributed by atoms with Crippen LogP contribution in [0.3, 0.4) is 0 Å². The molecule has 0 radical (unpaired) electrons. The second-order valence-electron chi connectivity index (χ2n) is 7.94. The van der Waals surface area contributed by atoms with Crippen LogP contribution in [0.2, 0.25) is 0 Å². The highest BCUT2D eigenvalue weighted by molar-refractivity contribution is 5.82. The zero-order valence-electron chi connectivity index (χ0n) is 20.3. The summed E-state index contributed by atoms with van der Waals surface area (Å²) >= 11 is 0. The molecule has 0 spiro atoms. The van der Waals surface area contributed by atoms with Gasteiger partial charge in [-0.25, -0.2) is 4.98 Å². The predicted molar refractivity (Wildman–Crippen MR) is 129 cm³/mol. The maximum atomic E-state index is 13.1. The van der Waals surface area contributed by atoms with Crippen molar-refractivity contribution >= 4 is 10.9 Å². The molecule has 0 aliphatic rings. The van der Waals surface area contributed by atoms with E-state index in [1.54, 1.807) is 45.1 Å². The van der Waals surface area contributed by atoms with Crippen molar-refractivity contribution < 1.29 is 18.9 Å². The second-order valence-corrected chi connectivity index (χ2v) is 7.94. The van der Waals surface area contributed by atoms with Crippen LogP contribution in [0.1, 0.15) is 17.8 Å². The molecule has 2 aromatic carbocycles. The number of likely N-dealkylation sites (N-methyl/N-ethyl adjacent to an activating group) is 1. The van der Waals surface area contributed by atoms with Crippen LogP contribution in [0.25, 0.3) is 10.9 Å². The predicted octanol–water partition coefficient (Wildman–Crippen LogP) is 3.30. The maximum absolute atomic E-state index is 13.1. The summed E-state index contributed by atoms with van der Waals surface area (Å²) in [5.74, 6) is 3.24. The van der Waals surface area contributed by atoms with Crippen molar-refractivity contribution in [3.63, 3.8) is 0 Å². The summed E-state index contributed by atoms with van der Waals surface area (Å²) in [6, 6.07) is 9.45. The molecule has 0 unspecified atom stereocenters. The molecule has 33 heavy (non-hydrogen) atoms. The number of rotatable bonds is 11. The highest BCUT2D eigenvalue weighted by Crippen LogP contribution is 2.30. The van der Waals surface area contributed by atoms with Gasteiger partial charge in [0.1, 0.15) is 5.82 Å². The fraction of sp³-hybridized carbons (Fsp3) is 0.440. The Morgan fingerprint density at radius 2 is 1.52 bits per heavy atom. The summed E-state index contributed by atoms with van der Waals surface area (Å²) in [7, 11) is 8.50. The zero-order chi connectivity index (χ0) is 24.0. The van der Waals surface area contributed by atoms with Crippen LogP contribution in [0.5, 0.6) is 23.0 Å². The van der Waals surface area contributed by atoms with E-state index >= 15 is 0 Å². The highest BCUT2D eigenvalue weighted by Gasteiger charge is 2.13. The van der Waals surface area contributed by atoms with Crippen LogP contribution >= 0.6 is 0 Å². The van der Waals surface area contributed by atoms with Gasteiger partial charge < -0.3 is 23.8 Å². The Morgan fingerprint density at radius 3 is 2.18 bits per heavy atom. The first-order valence-electron chi connectivity index (χ1n) is 10.9. The molecule has 8 nitrogen and oxygen atoms in total. The Labute approximate surface area is 194 Å². The molecule has 0 bridgehead atoms. The smallest absolute Gasteiger partial charge is 0.261 e.